The van der Waals surface area contributed by atoms with Crippen LogP contribution in [-0.2, 0) is 0 Å². The number of carbonyl (C=O) groups excluding carboxylic acids is 1. The molecule has 3 rings (SSSR count). The smallest absolute Gasteiger partial charge is 0.172 e. The van der Waals surface area contributed by atoms with Crippen LogP contribution in [0.3, 0.4) is 0 Å². The number of rotatable bonds is 3. The van der Waals surface area contributed by atoms with Crippen molar-refractivity contribution in [1.82, 2.24) is 15.0 Å². The first kappa shape index (κ1) is 12.2. The third-order valence-electron chi connectivity index (χ3n) is 2.91. The molecule has 0 atom stereocenters. The molecule has 0 spiro atoms. The molecule has 0 radical (unpaired) electrons. The second kappa shape index (κ2) is 5.05. The zero-order chi connectivity index (χ0) is 13.9. The Labute approximate surface area is 114 Å². The first-order valence-corrected chi connectivity index (χ1v) is 6.02. The monoisotopic (exact) mass is 267 g/mol. The maximum absolute atomic E-state index is 13.4. The molecular formula is C15H10FN3O. The van der Waals surface area contributed by atoms with Crippen LogP contribution in [0, 0.1) is 5.82 Å². The molecule has 0 saturated heterocycles. The minimum Gasteiger partial charge on any atom is -0.296 e. The summed E-state index contributed by atoms with van der Waals surface area (Å²) in [5.41, 5.74) is 1.97. The van der Waals surface area contributed by atoms with E-state index in [1.165, 1.54) is 16.8 Å². The molecule has 0 aliphatic heterocycles. The lowest BCUT2D eigenvalue weighted by molar-refractivity contribution is 0.111. The number of hydrogen-bond donors (Lipinski definition) is 0. The van der Waals surface area contributed by atoms with Crippen LogP contribution in [-0.4, -0.2) is 21.3 Å². The molecule has 2 aromatic carbocycles. The molecule has 5 heteroatoms. The van der Waals surface area contributed by atoms with Crippen molar-refractivity contribution >= 4 is 6.29 Å². The maximum atomic E-state index is 13.4. The van der Waals surface area contributed by atoms with E-state index in [0.29, 0.717) is 17.5 Å². The predicted octanol–water partition coefficient (Wildman–Crippen LogP) is 2.89. The lowest BCUT2D eigenvalue weighted by atomic mass is 10.1. The van der Waals surface area contributed by atoms with Crippen LogP contribution in [0.5, 0.6) is 0 Å². The van der Waals surface area contributed by atoms with E-state index in [4.69, 9.17) is 0 Å². The van der Waals surface area contributed by atoms with Crippen LogP contribution in [0.15, 0.2) is 54.6 Å². The number of halogens is 1. The van der Waals surface area contributed by atoms with Crippen LogP contribution in [0.25, 0.3) is 16.9 Å². The molecule has 4 nitrogen and oxygen atoms in total. The van der Waals surface area contributed by atoms with Gasteiger partial charge in [-0.3, -0.25) is 4.79 Å². The SMILES string of the molecule is O=Cc1nnn(-c2ccccc2)c1-c1cccc(F)c1. The Hall–Kier alpha value is -2.82. The van der Waals surface area contributed by atoms with Gasteiger partial charge in [0.2, 0.25) is 0 Å². The topological polar surface area (TPSA) is 47.8 Å². The van der Waals surface area contributed by atoms with E-state index < -0.39 is 0 Å². The highest BCUT2D eigenvalue weighted by Crippen LogP contribution is 2.24. The lowest BCUT2D eigenvalue weighted by Gasteiger charge is -2.06. The molecule has 0 amide bonds. The highest BCUT2D eigenvalue weighted by Gasteiger charge is 2.16. The van der Waals surface area contributed by atoms with Gasteiger partial charge < -0.3 is 0 Å². The standard InChI is InChI=1S/C15H10FN3O/c16-12-6-4-5-11(9-12)15-14(10-20)17-18-19(15)13-7-2-1-3-8-13/h1-10H. The summed E-state index contributed by atoms with van der Waals surface area (Å²) in [6.45, 7) is 0. The zero-order valence-electron chi connectivity index (χ0n) is 10.4. The van der Waals surface area contributed by atoms with E-state index in [-0.39, 0.29) is 11.5 Å². The summed E-state index contributed by atoms with van der Waals surface area (Å²) in [4.78, 5) is 11.1. The summed E-state index contributed by atoms with van der Waals surface area (Å²) in [5.74, 6) is -0.375. The fourth-order valence-corrected chi connectivity index (χ4v) is 2.03. The fourth-order valence-electron chi connectivity index (χ4n) is 2.03. The van der Waals surface area contributed by atoms with Gasteiger partial charge in [-0.1, -0.05) is 35.5 Å². The number of hydrogen-bond acceptors (Lipinski definition) is 3. The van der Waals surface area contributed by atoms with Crippen molar-refractivity contribution < 1.29 is 9.18 Å². The van der Waals surface area contributed by atoms with E-state index in [1.54, 1.807) is 12.1 Å². The van der Waals surface area contributed by atoms with Crippen molar-refractivity contribution in [3.05, 3.63) is 66.1 Å². The van der Waals surface area contributed by atoms with Gasteiger partial charge in [-0.05, 0) is 24.3 Å². The average Bonchev–Trinajstić information content (AvgIpc) is 2.92. The van der Waals surface area contributed by atoms with Crippen molar-refractivity contribution in [2.45, 2.75) is 0 Å². The number of para-hydroxylation sites is 1. The number of benzene rings is 2. The number of carbonyl (C=O) groups is 1. The minimum absolute atomic E-state index is 0.180. The number of nitrogens with zero attached hydrogens (tertiary/aromatic N) is 3. The number of aldehydes is 1. The van der Waals surface area contributed by atoms with Crippen LogP contribution < -0.4 is 0 Å². The molecule has 1 aromatic heterocycles. The van der Waals surface area contributed by atoms with Gasteiger partial charge in [-0.15, -0.1) is 5.10 Å². The lowest BCUT2D eigenvalue weighted by Crippen LogP contribution is -2.00. The summed E-state index contributed by atoms with van der Waals surface area (Å²) < 4.78 is 14.9. The van der Waals surface area contributed by atoms with Gasteiger partial charge in [0.25, 0.3) is 0 Å². The van der Waals surface area contributed by atoms with E-state index in [0.717, 1.165) is 5.69 Å². The maximum Gasteiger partial charge on any atom is 0.172 e. The van der Waals surface area contributed by atoms with Crippen molar-refractivity contribution in [2.24, 2.45) is 0 Å². The summed E-state index contributed by atoms with van der Waals surface area (Å²) >= 11 is 0. The third kappa shape index (κ3) is 2.09. The second-order valence-corrected chi connectivity index (χ2v) is 4.20. The van der Waals surface area contributed by atoms with Gasteiger partial charge in [0, 0.05) is 5.56 Å². The number of aromatic nitrogens is 3. The third-order valence-corrected chi connectivity index (χ3v) is 2.91. The molecule has 0 aliphatic rings. The van der Waals surface area contributed by atoms with Crippen LogP contribution in [0.4, 0.5) is 4.39 Å². The van der Waals surface area contributed by atoms with Crippen molar-refractivity contribution in [1.29, 1.82) is 0 Å². The Kier molecular flexibility index (Phi) is 3.09. The van der Waals surface area contributed by atoms with Crippen molar-refractivity contribution in [2.75, 3.05) is 0 Å². The van der Waals surface area contributed by atoms with Gasteiger partial charge in [0.15, 0.2) is 12.0 Å². The van der Waals surface area contributed by atoms with Crippen LogP contribution in [0.2, 0.25) is 0 Å². The highest BCUT2D eigenvalue weighted by atomic mass is 19.1. The van der Waals surface area contributed by atoms with Gasteiger partial charge >= 0.3 is 0 Å². The van der Waals surface area contributed by atoms with Gasteiger partial charge in [0.1, 0.15) is 11.5 Å². The fraction of sp³-hybridized carbons (Fsp3) is 0. The molecule has 0 N–H and O–H groups in total. The van der Waals surface area contributed by atoms with E-state index in [2.05, 4.69) is 10.3 Å². The Morgan fingerprint density at radius 3 is 2.55 bits per heavy atom. The Bertz CT molecular complexity index is 753. The van der Waals surface area contributed by atoms with Crippen LogP contribution >= 0.6 is 0 Å². The Balaban J connectivity index is 2.23. The van der Waals surface area contributed by atoms with E-state index >= 15 is 0 Å². The molecule has 0 unspecified atom stereocenters. The van der Waals surface area contributed by atoms with Crippen LogP contribution in [0.1, 0.15) is 10.5 Å². The largest absolute Gasteiger partial charge is 0.296 e. The Morgan fingerprint density at radius 2 is 1.85 bits per heavy atom. The molecular weight excluding hydrogens is 257 g/mol. The zero-order valence-corrected chi connectivity index (χ0v) is 10.4. The summed E-state index contributed by atoms with van der Waals surface area (Å²) in [6, 6.07) is 15.3. The van der Waals surface area contributed by atoms with E-state index in [1.807, 2.05) is 30.3 Å². The predicted molar refractivity (Wildman–Crippen MR) is 72.1 cm³/mol. The average molecular weight is 267 g/mol. The quantitative estimate of drug-likeness (QED) is 0.685. The second-order valence-electron chi connectivity index (χ2n) is 4.20. The van der Waals surface area contributed by atoms with Crippen molar-refractivity contribution in [3.63, 3.8) is 0 Å². The molecule has 0 saturated carbocycles. The first-order valence-electron chi connectivity index (χ1n) is 6.02. The minimum atomic E-state index is -0.375. The summed E-state index contributed by atoms with van der Waals surface area (Å²) in [5, 5.41) is 7.82. The molecule has 3 aromatic rings. The molecule has 0 fully saturated rings. The Morgan fingerprint density at radius 1 is 1.05 bits per heavy atom. The molecule has 20 heavy (non-hydrogen) atoms. The van der Waals surface area contributed by atoms with Gasteiger partial charge in [-0.2, -0.15) is 0 Å². The van der Waals surface area contributed by atoms with Gasteiger partial charge in [-0.25, -0.2) is 9.07 Å². The first-order chi connectivity index (χ1) is 9.79. The molecule has 98 valence electrons. The molecule has 1 heterocycles. The molecule has 0 aliphatic carbocycles. The van der Waals surface area contributed by atoms with E-state index in [9.17, 15) is 9.18 Å². The summed E-state index contributed by atoms with van der Waals surface area (Å²) in [7, 11) is 0. The van der Waals surface area contributed by atoms with Crippen molar-refractivity contribution in [3.8, 4) is 16.9 Å². The molecule has 0 bridgehead atoms. The van der Waals surface area contributed by atoms with Gasteiger partial charge in [0.05, 0.1) is 5.69 Å². The highest BCUT2D eigenvalue weighted by molar-refractivity contribution is 5.83. The normalized spacial score (nSPS) is 10.4. The summed E-state index contributed by atoms with van der Waals surface area (Å²) in [6.07, 6.45) is 0.618.